The average molecular weight is 347 g/mol. The van der Waals surface area contributed by atoms with Crippen LogP contribution in [-0.4, -0.2) is 14.5 Å². The van der Waals surface area contributed by atoms with Crippen LogP contribution in [0.1, 0.15) is 26.7 Å². The van der Waals surface area contributed by atoms with Crippen LogP contribution in [0.15, 0.2) is 27.6 Å². The highest BCUT2D eigenvalue weighted by Gasteiger charge is 2.33. The molecular weight excluding hydrogens is 328 g/mol. The van der Waals surface area contributed by atoms with Gasteiger partial charge in [0.2, 0.25) is 10.0 Å². The van der Waals surface area contributed by atoms with Crippen molar-refractivity contribution in [2.75, 3.05) is 5.73 Å². The first-order valence-electron chi connectivity index (χ1n) is 6.38. The number of anilines is 1. The van der Waals surface area contributed by atoms with Gasteiger partial charge in [-0.15, -0.1) is 0 Å². The Balaban J connectivity index is 2.23. The number of halogens is 1. The minimum Gasteiger partial charge on any atom is -0.398 e. The highest BCUT2D eigenvalue weighted by Crippen LogP contribution is 2.32. The monoisotopic (exact) mass is 346 g/mol. The highest BCUT2D eigenvalue weighted by molar-refractivity contribution is 9.10. The van der Waals surface area contributed by atoms with Crippen LogP contribution in [0.5, 0.6) is 0 Å². The Bertz CT molecular complexity index is 574. The van der Waals surface area contributed by atoms with Gasteiger partial charge in [0, 0.05) is 10.5 Å². The van der Waals surface area contributed by atoms with E-state index in [1.54, 1.807) is 12.1 Å². The lowest BCUT2D eigenvalue weighted by Gasteiger charge is -2.20. The Hall–Kier alpha value is -0.590. The zero-order chi connectivity index (χ0) is 14.2. The van der Waals surface area contributed by atoms with Crippen molar-refractivity contribution in [3.63, 3.8) is 0 Å². The van der Waals surface area contributed by atoms with Gasteiger partial charge in [-0.2, -0.15) is 0 Å². The van der Waals surface area contributed by atoms with Crippen molar-refractivity contribution in [3.05, 3.63) is 22.7 Å². The van der Waals surface area contributed by atoms with Crippen LogP contribution in [-0.2, 0) is 10.0 Å². The van der Waals surface area contributed by atoms with Gasteiger partial charge >= 0.3 is 0 Å². The summed E-state index contributed by atoms with van der Waals surface area (Å²) in [7, 11) is -3.54. The molecule has 0 heterocycles. The first-order valence-corrected chi connectivity index (χ1v) is 8.66. The fourth-order valence-corrected chi connectivity index (χ4v) is 4.41. The molecule has 4 nitrogen and oxygen atoms in total. The fourth-order valence-electron chi connectivity index (χ4n) is 2.56. The zero-order valence-electron chi connectivity index (χ0n) is 11.1. The van der Waals surface area contributed by atoms with Gasteiger partial charge < -0.3 is 5.73 Å². The molecule has 3 N–H and O–H groups in total. The number of rotatable bonds is 3. The molecule has 0 saturated heterocycles. The lowest BCUT2D eigenvalue weighted by atomic mass is 9.98. The molecule has 1 aromatic carbocycles. The maximum Gasteiger partial charge on any atom is 0.242 e. The van der Waals surface area contributed by atoms with E-state index in [0.29, 0.717) is 11.8 Å². The smallest absolute Gasteiger partial charge is 0.242 e. The third-order valence-corrected chi connectivity index (χ3v) is 6.09. The largest absolute Gasteiger partial charge is 0.398 e. The SMILES string of the molecule is CC1CCC(NS(=O)(=O)c2ccc(Br)cc2N)C1C. The van der Waals surface area contributed by atoms with Crippen LogP contribution in [0.4, 0.5) is 5.69 Å². The molecule has 0 aliphatic heterocycles. The Kier molecular flexibility index (Phi) is 4.23. The van der Waals surface area contributed by atoms with E-state index in [1.807, 2.05) is 0 Å². The molecule has 19 heavy (non-hydrogen) atoms. The molecule has 3 unspecified atom stereocenters. The predicted octanol–water partition coefficient (Wildman–Crippen LogP) is 2.74. The Morgan fingerprint density at radius 1 is 1.32 bits per heavy atom. The Morgan fingerprint density at radius 3 is 2.53 bits per heavy atom. The summed E-state index contributed by atoms with van der Waals surface area (Å²) >= 11 is 3.27. The zero-order valence-corrected chi connectivity index (χ0v) is 13.5. The first-order chi connectivity index (χ1) is 8.81. The number of hydrogen-bond acceptors (Lipinski definition) is 3. The van der Waals surface area contributed by atoms with Crippen molar-refractivity contribution >= 4 is 31.6 Å². The van der Waals surface area contributed by atoms with Crippen LogP contribution in [0.2, 0.25) is 0 Å². The maximum atomic E-state index is 12.4. The van der Waals surface area contributed by atoms with Crippen molar-refractivity contribution < 1.29 is 8.42 Å². The summed E-state index contributed by atoms with van der Waals surface area (Å²) in [6.45, 7) is 4.25. The first kappa shape index (κ1) is 14.8. The van der Waals surface area contributed by atoms with Crippen molar-refractivity contribution in [2.24, 2.45) is 11.8 Å². The van der Waals surface area contributed by atoms with Crippen LogP contribution in [0, 0.1) is 11.8 Å². The van der Waals surface area contributed by atoms with Crippen molar-refractivity contribution in [1.29, 1.82) is 0 Å². The third kappa shape index (κ3) is 3.12. The molecule has 106 valence electrons. The number of sulfonamides is 1. The minimum atomic E-state index is -3.54. The Morgan fingerprint density at radius 2 is 2.00 bits per heavy atom. The molecule has 0 radical (unpaired) electrons. The molecule has 0 amide bonds. The highest BCUT2D eigenvalue weighted by atomic mass is 79.9. The summed E-state index contributed by atoms with van der Waals surface area (Å²) in [6.07, 6.45) is 1.95. The van der Waals surface area contributed by atoms with E-state index in [4.69, 9.17) is 5.73 Å². The number of nitrogens with two attached hydrogens (primary N) is 1. The summed E-state index contributed by atoms with van der Waals surface area (Å²) < 4.78 is 28.3. The predicted molar refractivity (Wildman–Crippen MR) is 80.2 cm³/mol. The van der Waals surface area contributed by atoms with Crippen molar-refractivity contribution in [2.45, 2.75) is 37.6 Å². The van der Waals surface area contributed by atoms with Crippen molar-refractivity contribution in [1.82, 2.24) is 4.72 Å². The van der Waals surface area contributed by atoms with Crippen LogP contribution < -0.4 is 10.5 Å². The van der Waals surface area contributed by atoms with Crippen molar-refractivity contribution in [3.8, 4) is 0 Å². The second kappa shape index (κ2) is 5.42. The summed E-state index contributed by atoms with van der Waals surface area (Å²) in [4.78, 5) is 0.155. The summed E-state index contributed by atoms with van der Waals surface area (Å²) in [6, 6.07) is 4.83. The molecule has 0 aromatic heterocycles. The Labute approximate surface area is 122 Å². The van der Waals surface area contributed by atoms with Gasteiger partial charge in [-0.1, -0.05) is 29.8 Å². The van der Waals surface area contributed by atoms with Gasteiger partial charge in [-0.25, -0.2) is 13.1 Å². The number of nitrogens with one attached hydrogen (secondary N) is 1. The molecular formula is C13H19BrN2O2S. The molecule has 6 heteroatoms. The third-order valence-electron chi connectivity index (χ3n) is 4.03. The molecule has 1 aromatic rings. The van der Waals surface area contributed by atoms with E-state index in [0.717, 1.165) is 17.3 Å². The second-order valence-electron chi connectivity index (χ2n) is 5.32. The number of hydrogen-bond donors (Lipinski definition) is 2. The number of benzene rings is 1. The van der Waals surface area contributed by atoms with Gasteiger partial charge in [-0.05, 0) is 42.9 Å². The lowest BCUT2D eigenvalue weighted by Crippen LogP contribution is -2.37. The van der Waals surface area contributed by atoms with E-state index in [-0.39, 0.29) is 16.6 Å². The molecule has 1 aliphatic carbocycles. The van der Waals surface area contributed by atoms with Crippen LogP contribution in [0.25, 0.3) is 0 Å². The lowest BCUT2D eigenvalue weighted by molar-refractivity contribution is 0.402. The van der Waals surface area contributed by atoms with Gasteiger partial charge in [0.1, 0.15) is 4.90 Å². The number of nitrogen functional groups attached to an aromatic ring is 1. The van der Waals surface area contributed by atoms with Gasteiger partial charge in [0.25, 0.3) is 0 Å². The molecule has 0 spiro atoms. The van der Waals surface area contributed by atoms with E-state index in [2.05, 4.69) is 34.5 Å². The molecule has 3 atom stereocenters. The summed E-state index contributed by atoms with van der Waals surface area (Å²) in [5.41, 5.74) is 6.06. The molecule has 1 aliphatic rings. The second-order valence-corrected chi connectivity index (χ2v) is 7.92. The van der Waals surface area contributed by atoms with E-state index >= 15 is 0 Å². The van der Waals surface area contributed by atoms with E-state index < -0.39 is 10.0 Å². The maximum absolute atomic E-state index is 12.4. The van der Waals surface area contributed by atoms with Gasteiger partial charge in [0.15, 0.2) is 0 Å². The quantitative estimate of drug-likeness (QED) is 0.826. The average Bonchev–Trinajstić information content (AvgIpc) is 2.60. The molecule has 1 saturated carbocycles. The molecule has 1 fully saturated rings. The molecule has 0 bridgehead atoms. The summed E-state index contributed by atoms with van der Waals surface area (Å²) in [5, 5.41) is 0. The van der Waals surface area contributed by atoms with E-state index in [9.17, 15) is 8.42 Å². The van der Waals surface area contributed by atoms with Crippen LogP contribution >= 0.6 is 15.9 Å². The van der Waals surface area contributed by atoms with Crippen LogP contribution in [0.3, 0.4) is 0 Å². The van der Waals surface area contributed by atoms with Gasteiger partial charge in [-0.3, -0.25) is 0 Å². The minimum absolute atomic E-state index is 0.00282. The fraction of sp³-hybridized carbons (Fsp3) is 0.538. The standard InChI is InChI=1S/C13H19BrN2O2S/c1-8-3-5-12(9(8)2)16-19(17,18)13-6-4-10(14)7-11(13)15/h4,6-9,12,16H,3,5,15H2,1-2H3. The summed E-state index contributed by atoms with van der Waals surface area (Å²) in [5.74, 6) is 0.904. The molecule has 2 rings (SSSR count). The normalized spacial score (nSPS) is 27.6. The topological polar surface area (TPSA) is 72.2 Å². The van der Waals surface area contributed by atoms with E-state index in [1.165, 1.54) is 6.07 Å². The van der Waals surface area contributed by atoms with Gasteiger partial charge in [0.05, 0.1) is 5.69 Å².